The van der Waals surface area contributed by atoms with Gasteiger partial charge in [0.05, 0.1) is 6.61 Å². The molecule has 56 valence electrons. The molecule has 1 atom stereocenters. The number of aliphatic hydroxyl groups excluding tert-OH is 1. The van der Waals surface area contributed by atoms with Gasteiger partial charge in [-0.05, 0) is 14.0 Å². The van der Waals surface area contributed by atoms with Crippen LogP contribution in [-0.2, 0) is 0 Å². The van der Waals surface area contributed by atoms with E-state index in [1.807, 2.05) is 7.05 Å². The lowest BCUT2D eigenvalue weighted by Gasteiger charge is -2.10. The first kappa shape index (κ1) is 8.88. The Morgan fingerprint density at radius 3 is 2.67 bits per heavy atom. The van der Waals surface area contributed by atoms with Crippen LogP contribution in [0.5, 0.6) is 0 Å². The molecule has 0 bridgehead atoms. The molecule has 1 unspecified atom stereocenters. The summed E-state index contributed by atoms with van der Waals surface area (Å²) in [4.78, 5) is 0. The van der Waals surface area contributed by atoms with Gasteiger partial charge in [-0.1, -0.05) is 0 Å². The number of rotatable bonds is 5. The molecule has 0 aromatic carbocycles. The lowest BCUT2D eigenvalue weighted by molar-refractivity contribution is 0.285. The first-order valence-electron chi connectivity index (χ1n) is 3.30. The van der Waals surface area contributed by atoms with Crippen LogP contribution in [0.2, 0.25) is 0 Å². The molecular weight excluding hydrogens is 116 g/mol. The van der Waals surface area contributed by atoms with Crippen LogP contribution in [0, 0.1) is 0 Å². The van der Waals surface area contributed by atoms with Crippen LogP contribution in [0.15, 0.2) is 0 Å². The predicted octanol–water partition coefficient (Wildman–Crippen LogP) is -0.824. The smallest absolute Gasteiger partial charge is 0.0556 e. The molecule has 0 saturated heterocycles. The second-order valence-corrected chi connectivity index (χ2v) is 2.14. The van der Waals surface area contributed by atoms with Gasteiger partial charge in [0.15, 0.2) is 0 Å². The topological polar surface area (TPSA) is 44.3 Å². The van der Waals surface area contributed by atoms with E-state index in [2.05, 4.69) is 17.6 Å². The maximum absolute atomic E-state index is 8.40. The van der Waals surface area contributed by atoms with Gasteiger partial charge in [-0.25, -0.2) is 0 Å². The highest BCUT2D eigenvalue weighted by Crippen LogP contribution is 1.74. The molecule has 0 aliphatic rings. The van der Waals surface area contributed by atoms with Crippen molar-refractivity contribution in [3.8, 4) is 0 Å². The normalized spacial score (nSPS) is 13.7. The van der Waals surface area contributed by atoms with E-state index < -0.39 is 0 Å². The van der Waals surface area contributed by atoms with Crippen molar-refractivity contribution in [3.05, 3.63) is 0 Å². The monoisotopic (exact) mass is 132 g/mol. The molecule has 0 amide bonds. The average Bonchev–Trinajstić information content (AvgIpc) is 1.85. The molecule has 0 rings (SSSR count). The summed E-state index contributed by atoms with van der Waals surface area (Å²) in [6, 6.07) is 0.446. The third-order valence-electron chi connectivity index (χ3n) is 1.11. The minimum Gasteiger partial charge on any atom is -0.395 e. The van der Waals surface area contributed by atoms with Crippen LogP contribution in [0.1, 0.15) is 6.92 Å². The molecule has 9 heavy (non-hydrogen) atoms. The van der Waals surface area contributed by atoms with Gasteiger partial charge in [0.25, 0.3) is 0 Å². The van der Waals surface area contributed by atoms with Gasteiger partial charge in [0, 0.05) is 19.1 Å². The average molecular weight is 132 g/mol. The molecule has 3 N–H and O–H groups in total. The van der Waals surface area contributed by atoms with Crippen molar-refractivity contribution in [2.45, 2.75) is 13.0 Å². The molecule has 0 aliphatic heterocycles. The van der Waals surface area contributed by atoms with Gasteiger partial charge in [0.1, 0.15) is 0 Å². The van der Waals surface area contributed by atoms with Crippen molar-refractivity contribution >= 4 is 0 Å². The zero-order chi connectivity index (χ0) is 7.11. The van der Waals surface area contributed by atoms with E-state index >= 15 is 0 Å². The molecule has 3 heteroatoms. The summed E-state index contributed by atoms with van der Waals surface area (Å²) < 4.78 is 0. The lowest BCUT2D eigenvalue weighted by atomic mass is 10.3. The fraction of sp³-hybridized carbons (Fsp3) is 1.00. The summed E-state index contributed by atoms with van der Waals surface area (Å²) in [5.74, 6) is 0. The van der Waals surface area contributed by atoms with E-state index in [1.165, 1.54) is 0 Å². The van der Waals surface area contributed by atoms with E-state index in [1.54, 1.807) is 0 Å². The van der Waals surface area contributed by atoms with Crippen molar-refractivity contribution in [1.82, 2.24) is 10.6 Å². The second-order valence-electron chi connectivity index (χ2n) is 2.14. The van der Waals surface area contributed by atoms with Crippen LogP contribution >= 0.6 is 0 Å². The number of likely N-dealkylation sites (N-methyl/N-ethyl adjacent to an activating group) is 1. The zero-order valence-electron chi connectivity index (χ0n) is 6.15. The third-order valence-corrected chi connectivity index (χ3v) is 1.11. The molecule has 0 aromatic heterocycles. The van der Waals surface area contributed by atoms with Gasteiger partial charge < -0.3 is 15.7 Å². The number of aliphatic hydroxyl groups is 1. The SMILES string of the molecule is CNCC(C)NCCO. The number of hydrogen-bond acceptors (Lipinski definition) is 3. The molecule has 0 radical (unpaired) electrons. The minimum atomic E-state index is 0.216. The maximum atomic E-state index is 8.40. The molecular formula is C6H16N2O. The van der Waals surface area contributed by atoms with Gasteiger partial charge >= 0.3 is 0 Å². The van der Waals surface area contributed by atoms with Gasteiger partial charge in [-0.15, -0.1) is 0 Å². The van der Waals surface area contributed by atoms with Crippen molar-refractivity contribution in [2.75, 3.05) is 26.7 Å². The Kier molecular flexibility index (Phi) is 5.93. The van der Waals surface area contributed by atoms with Crippen molar-refractivity contribution < 1.29 is 5.11 Å². The molecule has 0 heterocycles. The largest absolute Gasteiger partial charge is 0.395 e. The van der Waals surface area contributed by atoms with E-state index in [0.717, 1.165) is 6.54 Å². The standard InChI is InChI=1S/C6H16N2O/c1-6(5-7-2)8-3-4-9/h6-9H,3-5H2,1-2H3. The van der Waals surface area contributed by atoms with Gasteiger partial charge in [-0.3, -0.25) is 0 Å². The van der Waals surface area contributed by atoms with Gasteiger partial charge in [-0.2, -0.15) is 0 Å². The maximum Gasteiger partial charge on any atom is 0.0556 e. The Morgan fingerprint density at radius 2 is 2.22 bits per heavy atom. The van der Waals surface area contributed by atoms with Crippen LogP contribution in [0.25, 0.3) is 0 Å². The van der Waals surface area contributed by atoms with E-state index in [9.17, 15) is 0 Å². The van der Waals surface area contributed by atoms with Gasteiger partial charge in [0.2, 0.25) is 0 Å². The Hall–Kier alpha value is -0.120. The fourth-order valence-corrected chi connectivity index (χ4v) is 0.689. The quantitative estimate of drug-likeness (QED) is 0.458. The summed E-state index contributed by atoms with van der Waals surface area (Å²) in [5, 5.41) is 14.6. The second kappa shape index (κ2) is 6.01. The highest BCUT2D eigenvalue weighted by molar-refractivity contribution is 4.60. The van der Waals surface area contributed by atoms with E-state index in [-0.39, 0.29) is 6.61 Å². The predicted molar refractivity (Wildman–Crippen MR) is 38.5 cm³/mol. The highest BCUT2D eigenvalue weighted by atomic mass is 16.3. The van der Waals surface area contributed by atoms with Crippen LogP contribution in [0.4, 0.5) is 0 Å². The van der Waals surface area contributed by atoms with E-state index in [0.29, 0.717) is 12.6 Å². The van der Waals surface area contributed by atoms with Crippen LogP contribution in [0.3, 0.4) is 0 Å². The summed E-state index contributed by atoms with van der Waals surface area (Å²) in [7, 11) is 1.91. The summed E-state index contributed by atoms with van der Waals surface area (Å²) in [6.45, 7) is 3.92. The molecule has 0 aromatic rings. The molecule has 0 saturated carbocycles. The van der Waals surface area contributed by atoms with E-state index in [4.69, 9.17) is 5.11 Å². The molecule has 0 spiro atoms. The molecule has 3 nitrogen and oxygen atoms in total. The highest BCUT2D eigenvalue weighted by Gasteiger charge is 1.95. The zero-order valence-corrected chi connectivity index (χ0v) is 6.15. The fourth-order valence-electron chi connectivity index (χ4n) is 0.689. The summed E-state index contributed by atoms with van der Waals surface area (Å²) in [6.07, 6.45) is 0. The Bertz CT molecular complexity index is 59.0. The Morgan fingerprint density at radius 1 is 1.56 bits per heavy atom. The summed E-state index contributed by atoms with van der Waals surface area (Å²) in [5.41, 5.74) is 0. The first-order valence-corrected chi connectivity index (χ1v) is 3.30. The Balaban J connectivity index is 2.95. The number of hydrogen-bond donors (Lipinski definition) is 3. The first-order chi connectivity index (χ1) is 4.31. The third kappa shape index (κ3) is 5.76. The van der Waals surface area contributed by atoms with Crippen molar-refractivity contribution in [3.63, 3.8) is 0 Å². The lowest BCUT2D eigenvalue weighted by Crippen LogP contribution is -2.36. The Labute approximate surface area is 56.5 Å². The molecule has 0 aliphatic carbocycles. The summed E-state index contributed by atoms with van der Waals surface area (Å²) >= 11 is 0. The van der Waals surface area contributed by atoms with Crippen molar-refractivity contribution in [2.24, 2.45) is 0 Å². The van der Waals surface area contributed by atoms with Crippen LogP contribution < -0.4 is 10.6 Å². The van der Waals surface area contributed by atoms with Crippen LogP contribution in [-0.4, -0.2) is 37.9 Å². The minimum absolute atomic E-state index is 0.216. The molecule has 0 fully saturated rings. The number of nitrogens with one attached hydrogen (secondary N) is 2. The van der Waals surface area contributed by atoms with Crippen molar-refractivity contribution in [1.29, 1.82) is 0 Å².